The number of hydrogen-bond acceptors (Lipinski definition) is 5. The van der Waals surface area contributed by atoms with Crippen LogP contribution in [0.5, 0.6) is 0 Å². The summed E-state index contributed by atoms with van der Waals surface area (Å²) in [4.78, 5) is 12.4. The molecule has 1 heterocycles. The quantitative estimate of drug-likeness (QED) is 0.394. The minimum atomic E-state index is -0.564. The average Bonchev–Trinajstić information content (AvgIpc) is 3.35. The van der Waals surface area contributed by atoms with Gasteiger partial charge in [0, 0.05) is 40.4 Å². The van der Waals surface area contributed by atoms with Gasteiger partial charge in [-0.15, -0.1) is 0 Å². The van der Waals surface area contributed by atoms with Gasteiger partial charge >= 0.3 is 0 Å². The van der Waals surface area contributed by atoms with Crippen molar-refractivity contribution in [3.05, 3.63) is 58.8 Å². The Kier molecular flexibility index (Phi) is 9.93. The highest BCUT2D eigenvalue weighted by Gasteiger charge is 2.15. The van der Waals surface area contributed by atoms with Crippen LogP contribution in [0.25, 0.3) is 16.8 Å². The highest BCUT2D eigenvalue weighted by atomic mass is 35.5. The molecule has 6 nitrogen and oxygen atoms in total. The van der Waals surface area contributed by atoms with E-state index in [0.717, 1.165) is 35.6 Å². The largest absolute Gasteiger partial charge is 0.356 e. The molecule has 2 N–H and O–H groups in total. The molecule has 0 spiro atoms. The SMILES string of the molecule is CC/C=C(\C=C(\Cl)CCNC1CCCCC1)c1cc(-c2cccc(C(=O)NC(C)C#N)c2)no1. The standard InChI is InChI=1S/C27H33ClN4O2/c1-3-8-21(16-23(28)13-14-30-24-11-5-4-6-12-24)26-17-25(32-34-26)20-9-7-10-22(15-20)27(33)31-19(2)18-29/h7-10,15-17,19,24,30H,3-6,11-14H2,1-2H3,(H,31,33)/b21-8+,23-16+. The number of carbonyl (C=O) groups excluding carboxylic acids is 1. The summed E-state index contributed by atoms with van der Waals surface area (Å²) in [6, 6.07) is 11.0. The van der Waals surface area contributed by atoms with Gasteiger partial charge in [0.2, 0.25) is 0 Å². The number of aromatic nitrogens is 1. The summed E-state index contributed by atoms with van der Waals surface area (Å²) in [5, 5.41) is 20.2. The lowest BCUT2D eigenvalue weighted by atomic mass is 9.95. The zero-order chi connectivity index (χ0) is 24.3. The van der Waals surface area contributed by atoms with Crippen LogP contribution in [0.2, 0.25) is 0 Å². The number of nitrogens with one attached hydrogen (secondary N) is 2. The fourth-order valence-corrected chi connectivity index (χ4v) is 4.29. The van der Waals surface area contributed by atoms with E-state index in [1.165, 1.54) is 32.1 Å². The molecule has 1 aromatic heterocycles. The Balaban J connectivity index is 1.68. The number of amides is 1. The Labute approximate surface area is 207 Å². The Morgan fingerprint density at radius 2 is 2.12 bits per heavy atom. The molecule has 2 aromatic rings. The molecule has 1 saturated carbocycles. The molecule has 34 heavy (non-hydrogen) atoms. The second-order valence-corrected chi connectivity index (χ2v) is 9.16. The summed E-state index contributed by atoms with van der Waals surface area (Å²) >= 11 is 6.56. The Morgan fingerprint density at radius 1 is 1.32 bits per heavy atom. The third-order valence-corrected chi connectivity index (χ3v) is 6.19. The number of nitrogens with zero attached hydrogens (tertiary/aromatic N) is 2. The van der Waals surface area contributed by atoms with Gasteiger partial charge in [0.15, 0.2) is 5.76 Å². The van der Waals surface area contributed by atoms with Gasteiger partial charge in [-0.05, 0) is 50.8 Å². The molecular formula is C27H33ClN4O2. The van der Waals surface area contributed by atoms with Crippen molar-refractivity contribution in [3.8, 4) is 17.3 Å². The average molecular weight is 481 g/mol. The van der Waals surface area contributed by atoms with Crippen LogP contribution >= 0.6 is 11.6 Å². The van der Waals surface area contributed by atoms with Crippen LogP contribution in [0.15, 0.2) is 52.0 Å². The summed E-state index contributed by atoms with van der Waals surface area (Å²) in [7, 11) is 0. The molecule has 1 amide bonds. The van der Waals surface area contributed by atoms with E-state index in [0.29, 0.717) is 23.1 Å². The normalized spacial score (nSPS) is 16.2. The first kappa shape index (κ1) is 25.7. The van der Waals surface area contributed by atoms with Gasteiger partial charge in [-0.25, -0.2) is 0 Å². The van der Waals surface area contributed by atoms with Crippen LogP contribution in [-0.2, 0) is 0 Å². The third-order valence-electron chi connectivity index (χ3n) is 5.89. The van der Waals surface area contributed by atoms with Crippen molar-refractivity contribution in [1.29, 1.82) is 5.26 Å². The molecule has 1 unspecified atom stereocenters. The summed E-state index contributed by atoms with van der Waals surface area (Å²) in [6.45, 7) is 4.56. The fourth-order valence-electron chi connectivity index (χ4n) is 4.07. The van der Waals surface area contributed by atoms with Crippen molar-refractivity contribution in [2.24, 2.45) is 0 Å². The molecule has 0 radical (unpaired) electrons. The van der Waals surface area contributed by atoms with Gasteiger partial charge < -0.3 is 15.2 Å². The van der Waals surface area contributed by atoms with Crippen LogP contribution < -0.4 is 10.6 Å². The summed E-state index contributed by atoms with van der Waals surface area (Å²) < 4.78 is 5.64. The van der Waals surface area contributed by atoms with Crippen LogP contribution in [0.3, 0.4) is 0 Å². The van der Waals surface area contributed by atoms with E-state index >= 15 is 0 Å². The van der Waals surface area contributed by atoms with Gasteiger partial charge in [-0.2, -0.15) is 5.26 Å². The third kappa shape index (κ3) is 7.58. The second kappa shape index (κ2) is 13.1. The molecular weight excluding hydrogens is 448 g/mol. The summed E-state index contributed by atoms with van der Waals surface area (Å²) in [5.41, 5.74) is 2.74. The maximum Gasteiger partial charge on any atom is 0.252 e. The number of carbonyl (C=O) groups is 1. The molecule has 3 rings (SSSR count). The molecule has 0 aliphatic heterocycles. The van der Waals surface area contributed by atoms with E-state index in [-0.39, 0.29) is 5.91 Å². The molecule has 1 aromatic carbocycles. The highest BCUT2D eigenvalue weighted by Crippen LogP contribution is 2.27. The van der Waals surface area contributed by atoms with Crippen LogP contribution in [-0.4, -0.2) is 29.7 Å². The first-order chi connectivity index (χ1) is 16.5. The summed E-state index contributed by atoms with van der Waals surface area (Å²) in [6.07, 6.45) is 12.1. The smallest absolute Gasteiger partial charge is 0.252 e. The molecule has 0 saturated heterocycles. The van der Waals surface area contributed by atoms with Crippen molar-refractivity contribution in [2.75, 3.05) is 6.54 Å². The van der Waals surface area contributed by atoms with Crippen molar-refractivity contribution < 1.29 is 9.32 Å². The molecule has 1 aliphatic rings. The van der Waals surface area contributed by atoms with Gasteiger partial charge in [-0.3, -0.25) is 4.79 Å². The van der Waals surface area contributed by atoms with E-state index in [1.807, 2.05) is 24.3 Å². The predicted molar refractivity (Wildman–Crippen MR) is 136 cm³/mol. The zero-order valence-corrected chi connectivity index (χ0v) is 20.7. The number of allylic oxidation sites excluding steroid dienone is 3. The number of benzene rings is 1. The van der Waals surface area contributed by atoms with Gasteiger partial charge in [0.05, 0.1) is 6.07 Å². The molecule has 7 heteroatoms. The number of halogens is 1. The second-order valence-electron chi connectivity index (χ2n) is 8.68. The highest BCUT2D eigenvalue weighted by molar-refractivity contribution is 6.30. The first-order valence-corrected chi connectivity index (χ1v) is 12.5. The monoisotopic (exact) mass is 480 g/mol. The lowest BCUT2D eigenvalue weighted by Gasteiger charge is -2.22. The van der Waals surface area contributed by atoms with Crippen LogP contribution in [0, 0.1) is 11.3 Å². The number of rotatable bonds is 10. The molecule has 180 valence electrons. The lowest BCUT2D eigenvalue weighted by molar-refractivity contribution is 0.0948. The zero-order valence-electron chi connectivity index (χ0n) is 19.9. The molecule has 1 aliphatic carbocycles. The minimum absolute atomic E-state index is 0.303. The van der Waals surface area contributed by atoms with Crippen LogP contribution in [0.4, 0.5) is 0 Å². The maximum atomic E-state index is 12.4. The van der Waals surface area contributed by atoms with Crippen molar-refractivity contribution in [3.63, 3.8) is 0 Å². The minimum Gasteiger partial charge on any atom is -0.356 e. The topological polar surface area (TPSA) is 91.0 Å². The Morgan fingerprint density at radius 3 is 2.85 bits per heavy atom. The maximum absolute atomic E-state index is 12.4. The van der Waals surface area contributed by atoms with Crippen molar-refractivity contribution in [1.82, 2.24) is 15.8 Å². The molecule has 1 fully saturated rings. The van der Waals surface area contributed by atoms with Gasteiger partial charge in [0.25, 0.3) is 5.91 Å². The van der Waals surface area contributed by atoms with Crippen molar-refractivity contribution >= 4 is 23.1 Å². The molecule has 1 atom stereocenters. The summed E-state index contributed by atoms with van der Waals surface area (Å²) in [5.74, 6) is 0.325. The predicted octanol–water partition coefficient (Wildman–Crippen LogP) is 6.21. The molecule has 0 bridgehead atoms. The van der Waals surface area contributed by atoms with Gasteiger partial charge in [0.1, 0.15) is 11.7 Å². The van der Waals surface area contributed by atoms with E-state index in [2.05, 4.69) is 28.8 Å². The number of nitriles is 1. The lowest BCUT2D eigenvalue weighted by Crippen LogP contribution is -2.31. The van der Waals surface area contributed by atoms with Crippen molar-refractivity contribution in [2.45, 2.75) is 70.9 Å². The van der Waals surface area contributed by atoms with E-state index in [9.17, 15) is 4.79 Å². The van der Waals surface area contributed by atoms with E-state index in [4.69, 9.17) is 21.4 Å². The Hall–Kier alpha value is -2.88. The first-order valence-electron chi connectivity index (χ1n) is 12.1. The van der Waals surface area contributed by atoms with Gasteiger partial charge in [-0.1, -0.05) is 61.2 Å². The number of hydrogen-bond donors (Lipinski definition) is 2. The van der Waals surface area contributed by atoms with E-state index < -0.39 is 6.04 Å². The van der Waals surface area contributed by atoms with Crippen LogP contribution in [0.1, 0.15) is 74.9 Å². The fraction of sp³-hybridized carbons (Fsp3) is 0.444. The van der Waals surface area contributed by atoms with E-state index in [1.54, 1.807) is 25.1 Å². The Bertz CT molecular complexity index is 1060.